The summed E-state index contributed by atoms with van der Waals surface area (Å²) in [5.41, 5.74) is -0.0416. The Bertz CT molecular complexity index is 239. The summed E-state index contributed by atoms with van der Waals surface area (Å²) in [5.74, 6) is 0.235. The maximum atomic E-state index is 11.3. The first-order valence-corrected chi connectivity index (χ1v) is 6.09. The van der Waals surface area contributed by atoms with Gasteiger partial charge in [-0.2, -0.15) is 0 Å². The van der Waals surface area contributed by atoms with Crippen LogP contribution in [0.2, 0.25) is 0 Å². The van der Waals surface area contributed by atoms with Gasteiger partial charge in [-0.15, -0.1) is 0 Å². The molecule has 0 saturated carbocycles. The number of nitrogens with zero attached hydrogens (tertiary/aromatic N) is 1. The molecule has 0 aromatic rings. The highest BCUT2D eigenvalue weighted by molar-refractivity contribution is 5.76. The van der Waals surface area contributed by atoms with Gasteiger partial charge in [0.05, 0.1) is 0 Å². The van der Waals surface area contributed by atoms with Crippen molar-refractivity contribution in [2.45, 2.75) is 39.2 Å². The first kappa shape index (κ1) is 13.5. The van der Waals surface area contributed by atoms with E-state index in [1.165, 1.54) is 0 Å². The van der Waals surface area contributed by atoms with Crippen molar-refractivity contribution in [1.82, 2.24) is 10.2 Å². The zero-order chi connectivity index (χ0) is 12.2. The average molecular weight is 228 g/mol. The zero-order valence-electron chi connectivity index (χ0n) is 10.6. The van der Waals surface area contributed by atoms with Gasteiger partial charge in [-0.05, 0) is 12.8 Å². The normalized spacial score (nSPS) is 25.6. The summed E-state index contributed by atoms with van der Waals surface area (Å²) in [5, 5.41) is 12.8. The summed E-state index contributed by atoms with van der Waals surface area (Å²) in [7, 11) is 1.85. The standard InChI is InChI=1S/C12H24N2O2/c1-4-12(2,9-15)8-13-10-5-6-11(16)14(3)7-10/h10,13,15H,4-9H2,1-3H3. The van der Waals surface area contributed by atoms with Crippen LogP contribution in [-0.4, -0.2) is 48.7 Å². The van der Waals surface area contributed by atoms with E-state index in [9.17, 15) is 9.90 Å². The molecule has 94 valence electrons. The van der Waals surface area contributed by atoms with Crippen molar-refractivity contribution in [1.29, 1.82) is 0 Å². The van der Waals surface area contributed by atoms with E-state index in [4.69, 9.17) is 0 Å². The number of piperidine rings is 1. The van der Waals surface area contributed by atoms with Gasteiger partial charge in [0.2, 0.25) is 5.91 Å². The van der Waals surface area contributed by atoms with Crippen molar-refractivity contribution >= 4 is 5.91 Å². The molecule has 1 aliphatic rings. The van der Waals surface area contributed by atoms with Gasteiger partial charge in [0, 0.05) is 44.6 Å². The van der Waals surface area contributed by atoms with E-state index >= 15 is 0 Å². The number of aliphatic hydroxyl groups excluding tert-OH is 1. The maximum absolute atomic E-state index is 11.3. The number of carbonyl (C=O) groups excluding carboxylic acids is 1. The van der Waals surface area contributed by atoms with E-state index in [0.717, 1.165) is 25.9 Å². The van der Waals surface area contributed by atoms with Crippen LogP contribution >= 0.6 is 0 Å². The highest BCUT2D eigenvalue weighted by Gasteiger charge is 2.26. The molecule has 0 aromatic carbocycles. The van der Waals surface area contributed by atoms with Crippen molar-refractivity contribution in [3.05, 3.63) is 0 Å². The third-order valence-corrected chi connectivity index (χ3v) is 3.68. The van der Waals surface area contributed by atoms with Gasteiger partial charge in [0.15, 0.2) is 0 Å². The van der Waals surface area contributed by atoms with Gasteiger partial charge >= 0.3 is 0 Å². The SMILES string of the molecule is CCC(C)(CO)CNC1CCC(=O)N(C)C1. The molecule has 0 aromatic heterocycles. The Hall–Kier alpha value is -0.610. The molecule has 2 unspecified atom stereocenters. The second-order valence-corrected chi connectivity index (χ2v) is 5.21. The molecule has 1 aliphatic heterocycles. The molecule has 4 heteroatoms. The van der Waals surface area contributed by atoms with Crippen LogP contribution in [0.4, 0.5) is 0 Å². The van der Waals surface area contributed by atoms with E-state index in [0.29, 0.717) is 12.5 Å². The van der Waals surface area contributed by atoms with Gasteiger partial charge in [0.1, 0.15) is 0 Å². The molecule has 4 nitrogen and oxygen atoms in total. The van der Waals surface area contributed by atoms with E-state index in [-0.39, 0.29) is 17.9 Å². The quantitative estimate of drug-likeness (QED) is 0.725. The van der Waals surface area contributed by atoms with Crippen molar-refractivity contribution in [3.63, 3.8) is 0 Å². The largest absolute Gasteiger partial charge is 0.396 e. The number of rotatable bonds is 5. The smallest absolute Gasteiger partial charge is 0.222 e. The second kappa shape index (κ2) is 5.64. The summed E-state index contributed by atoms with van der Waals surface area (Å²) in [6.07, 6.45) is 2.50. The Morgan fingerprint density at radius 1 is 1.62 bits per heavy atom. The molecule has 0 spiro atoms. The summed E-state index contributed by atoms with van der Waals surface area (Å²) in [4.78, 5) is 13.1. The molecule has 1 amide bonds. The van der Waals surface area contributed by atoms with Gasteiger partial charge in [0.25, 0.3) is 0 Å². The highest BCUT2D eigenvalue weighted by atomic mass is 16.3. The highest BCUT2D eigenvalue weighted by Crippen LogP contribution is 2.19. The summed E-state index contributed by atoms with van der Waals surface area (Å²) >= 11 is 0. The van der Waals surface area contributed by atoms with Crippen molar-refractivity contribution in [3.8, 4) is 0 Å². The molecular formula is C12H24N2O2. The first-order chi connectivity index (χ1) is 7.50. The number of aliphatic hydroxyl groups is 1. The van der Waals surface area contributed by atoms with Gasteiger partial charge in [-0.1, -0.05) is 13.8 Å². The van der Waals surface area contributed by atoms with Gasteiger partial charge in [-0.25, -0.2) is 0 Å². The van der Waals surface area contributed by atoms with Crippen LogP contribution in [0, 0.1) is 5.41 Å². The molecule has 0 bridgehead atoms. The number of amides is 1. The van der Waals surface area contributed by atoms with Crippen LogP contribution in [0.1, 0.15) is 33.1 Å². The van der Waals surface area contributed by atoms with Crippen LogP contribution in [0.3, 0.4) is 0 Å². The number of likely N-dealkylation sites (tertiary alicyclic amines) is 1. The number of hydrogen-bond donors (Lipinski definition) is 2. The lowest BCUT2D eigenvalue weighted by Gasteiger charge is -2.34. The van der Waals surface area contributed by atoms with Crippen LogP contribution in [0.5, 0.6) is 0 Å². The third kappa shape index (κ3) is 3.46. The molecule has 1 rings (SSSR count). The van der Waals surface area contributed by atoms with E-state index in [1.807, 2.05) is 7.05 Å². The van der Waals surface area contributed by atoms with Gasteiger partial charge in [-0.3, -0.25) is 4.79 Å². The van der Waals surface area contributed by atoms with Crippen molar-refractivity contribution in [2.75, 3.05) is 26.7 Å². The predicted molar refractivity (Wildman–Crippen MR) is 64.1 cm³/mol. The number of hydrogen-bond acceptors (Lipinski definition) is 3. The zero-order valence-corrected chi connectivity index (χ0v) is 10.6. The van der Waals surface area contributed by atoms with E-state index < -0.39 is 0 Å². The molecule has 2 N–H and O–H groups in total. The molecule has 16 heavy (non-hydrogen) atoms. The lowest BCUT2D eigenvalue weighted by Crippen LogP contribution is -2.49. The van der Waals surface area contributed by atoms with Crippen molar-refractivity contribution < 1.29 is 9.90 Å². The Morgan fingerprint density at radius 3 is 2.81 bits per heavy atom. The first-order valence-electron chi connectivity index (χ1n) is 6.09. The lowest BCUT2D eigenvalue weighted by atomic mass is 9.88. The lowest BCUT2D eigenvalue weighted by molar-refractivity contribution is -0.132. The molecule has 1 saturated heterocycles. The minimum atomic E-state index is -0.0416. The van der Waals surface area contributed by atoms with Crippen molar-refractivity contribution in [2.24, 2.45) is 5.41 Å². The Labute approximate surface area is 98.0 Å². The molecule has 0 radical (unpaired) electrons. The van der Waals surface area contributed by atoms with E-state index in [1.54, 1.807) is 4.90 Å². The van der Waals surface area contributed by atoms with Crippen LogP contribution < -0.4 is 5.32 Å². The average Bonchev–Trinajstić information content (AvgIpc) is 2.30. The Kier molecular flexibility index (Phi) is 4.74. The molecular weight excluding hydrogens is 204 g/mol. The summed E-state index contributed by atoms with van der Waals surface area (Å²) in [6.45, 7) is 5.97. The fourth-order valence-electron chi connectivity index (χ4n) is 1.86. The third-order valence-electron chi connectivity index (χ3n) is 3.68. The maximum Gasteiger partial charge on any atom is 0.222 e. The van der Waals surface area contributed by atoms with Crippen LogP contribution in [0.25, 0.3) is 0 Å². The van der Waals surface area contributed by atoms with Crippen LogP contribution in [-0.2, 0) is 4.79 Å². The Morgan fingerprint density at radius 2 is 2.31 bits per heavy atom. The topological polar surface area (TPSA) is 52.6 Å². The minimum absolute atomic E-state index is 0.0416. The Balaban J connectivity index is 2.36. The second-order valence-electron chi connectivity index (χ2n) is 5.21. The van der Waals surface area contributed by atoms with Gasteiger partial charge < -0.3 is 15.3 Å². The predicted octanol–water partition coefficient (Wildman–Crippen LogP) is 0.605. The van der Waals surface area contributed by atoms with Crippen LogP contribution in [0.15, 0.2) is 0 Å². The molecule has 0 aliphatic carbocycles. The molecule has 1 fully saturated rings. The van der Waals surface area contributed by atoms with E-state index in [2.05, 4.69) is 19.2 Å². The number of likely N-dealkylation sites (N-methyl/N-ethyl adjacent to an activating group) is 1. The minimum Gasteiger partial charge on any atom is -0.396 e. The monoisotopic (exact) mass is 228 g/mol. The molecule has 1 heterocycles. The number of carbonyl (C=O) groups is 1. The molecule has 2 atom stereocenters. The summed E-state index contributed by atoms with van der Waals surface area (Å²) in [6, 6.07) is 0.375. The summed E-state index contributed by atoms with van der Waals surface area (Å²) < 4.78 is 0. The fourth-order valence-corrected chi connectivity index (χ4v) is 1.86. The number of nitrogens with one attached hydrogen (secondary N) is 1. The fraction of sp³-hybridized carbons (Fsp3) is 0.917.